The molecule has 0 unspecified atom stereocenters. The number of hydrogen-bond donors (Lipinski definition) is 1. The van der Waals surface area contributed by atoms with Crippen LogP contribution in [-0.2, 0) is 13.0 Å². The van der Waals surface area contributed by atoms with Crippen molar-refractivity contribution in [2.75, 3.05) is 11.9 Å². The van der Waals surface area contributed by atoms with Gasteiger partial charge in [-0.1, -0.05) is 17.4 Å². The quantitative estimate of drug-likeness (QED) is 0.736. The molecule has 3 aromatic rings. The molecule has 0 bridgehead atoms. The van der Waals surface area contributed by atoms with E-state index < -0.39 is 0 Å². The number of rotatable bonds is 3. The minimum Gasteiger partial charge on any atom is -0.333 e. The number of hydrogen-bond acceptors (Lipinski definition) is 6. The highest BCUT2D eigenvalue weighted by Crippen LogP contribution is 2.29. The molecule has 3 heterocycles. The molecule has 0 fully saturated rings. The van der Waals surface area contributed by atoms with Gasteiger partial charge in [0, 0.05) is 23.4 Å². The van der Waals surface area contributed by atoms with Gasteiger partial charge in [0.2, 0.25) is 0 Å². The summed E-state index contributed by atoms with van der Waals surface area (Å²) in [5.74, 6) is -0.232. The van der Waals surface area contributed by atoms with Gasteiger partial charge in [-0.3, -0.25) is 14.9 Å². The Hall–Kier alpha value is -3.02. The van der Waals surface area contributed by atoms with E-state index in [0.29, 0.717) is 40.6 Å². The summed E-state index contributed by atoms with van der Waals surface area (Å²) in [6.45, 7) is 1.05. The molecule has 0 spiro atoms. The first-order chi connectivity index (χ1) is 13.1. The number of carbonyl (C=O) groups is 2. The molecule has 0 aliphatic carbocycles. The van der Waals surface area contributed by atoms with Gasteiger partial charge in [-0.2, -0.15) is 5.26 Å². The summed E-state index contributed by atoms with van der Waals surface area (Å²) in [6.07, 6.45) is 0.655. The van der Waals surface area contributed by atoms with Gasteiger partial charge in [-0.25, -0.2) is 4.98 Å². The maximum atomic E-state index is 12.7. The van der Waals surface area contributed by atoms with E-state index >= 15 is 0 Å². The van der Waals surface area contributed by atoms with Crippen molar-refractivity contribution in [1.29, 1.82) is 5.26 Å². The fourth-order valence-electron chi connectivity index (χ4n) is 2.86. The normalized spacial score (nSPS) is 12.9. The number of nitrogens with zero attached hydrogens (tertiary/aromatic N) is 3. The minimum absolute atomic E-state index is 0.0669. The SMILES string of the molecule is N#Cc1ccc(C(=O)N2CCc3nc(NC(=O)c4cccs4)sc3C2)cc1. The molecule has 0 atom stereocenters. The molecule has 0 radical (unpaired) electrons. The number of benzene rings is 1. The van der Waals surface area contributed by atoms with Crippen molar-refractivity contribution in [3.05, 3.63) is 68.4 Å². The molecular weight excluding hydrogens is 380 g/mol. The van der Waals surface area contributed by atoms with Crippen LogP contribution in [0.3, 0.4) is 0 Å². The van der Waals surface area contributed by atoms with Crippen molar-refractivity contribution in [2.45, 2.75) is 13.0 Å². The average Bonchev–Trinajstić information content (AvgIpc) is 3.36. The summed E-state index contributed by atoms with van der Waals surface area (Å²) in [5, 5.41) is 14.1. The van der Waals surface area contributed by atoms with Gasteiger partial charge in [0.05, 0.1) is 28.7 Å². The Morgan fingerprint density at radius 1 is 1.22 bits per heavy atom. The van der Waals surface area contributed by atoms with Crippen molar-refractivity contribution in [3.8, 4) is 6.07 Å². The van der Waals surface area contributed by atoms with Crippen LogP contribution in [0.15, 0.2) is 41.8 Å². The van der Waals surface area contributed by atoms with Crippen LogP contribution in [0.5, 0.6) is 0 Å². The highest BCUT2D eigenvalue weighted by Gasteiger charge is 2.25. The lowest BCUT2D eigenvalue weighted by Crippen LogP contribution is -2.35. The zero-order valence-corrected chi connectivity index (χ0v) is 15.8. The van der Waals surface area contributed by atoms with Crippen molar-refractivity contribution < 1.29 is 9.59 Å². The van der Waals surface area contributed by atoms with Gasteiger partial charge in [-0.15, -0.1) is 11.3 Å². The standard InChI is InChI=1S/C19H14N4O2S2/c20-10-12-3-5-13(6-4-12)18(25)23-8-7-14-16(11-23)27-19(21-14)22-17(24)15-2-1-9-26-15/h1-6,9H,7-8,11H2,(H,21,22,24). The second kappa shape index (κ2) is 7.31. The molecule has 1 aromatic carbocycles. The van der Waals surface area contributed by atoms with E-state index in [1.54, 1.807) is 35.2 Å². The van der Waals surface area contributed by atoms with Gasteiger partial charge in [0.1, 0.15) is 0 Å². The Morgan fingerprint density at radius 2 is 2.04 bits per heavy atom. The zero-order chi connectivity index (χ0) is 18.8. The number of thiazole rings is 1. The predicted molar refractivity (Wildman–Crippen MR) is 104 cm³/mol. The van der Waals surface area contributed by atoms with Gasteiger partial charge in [0.15, 0.2) is 5.13 Å². The Balaban J connectivity index is 1.46. The van der Waals surface area contributed by atoms with E-state index in [-0.39, 0.29) is 11.8 Å². The lowest BCUT2D eigenvalue weighted by atomic mass is 10.1. The van der Waals surface area contributed by atoms with Crippen LogP contribution in [0.25, 0.3) is 0 Å². The fraction of sp³-hybridized carbons (Fsp3) is 0.158. The second-order valence-corrected chi connectivity index (χ2v) is 8.02. The summed E-state index contributed by atoms with van der Waals surface area (Å²) in [4.78, 5) is 32.8. The summed E-state index contributed by atoms with van der Waals surface area (Å²) in [6, 6.07) is 12.3. The monoisotopic (exact) mass is 394 g/mol. The van der Waals surface area contributed by atoms with Crippen molar-refractivity contribution in [1.82, 2.24) is 9.88 Å². The number of nitriles is 1. The van der Waals surface area contributed by atoms with E-state index in [1.165, 1.54) is 22.7 Å². The topological polar surface area (TPSA) is 86.1 Å². The third-order valence-corrected chi connectivity index (χ3v) is 6.11. The molecule has 2 amide bonds. The van der Waals surface area contributed by atoms with Gasteiger partial charge >= 0.3 is 0 Å². The number of amides is 2. The van der Waals surface area contributed by atoms with Crippen LogP contribution in [0, 0.1) is 11.3 Å². The third kappa shape index (κ3) is 3.60. The van der Waals surface area contributed by atoms with E-state index in [4.69, 9.17) is 5.26 Å². The number of aromatic nitrogens is 1. The maximum absolute atomic E-state index is 12.7. The molecule has 0 saturated carbocycles. The van der Waals surface area contributed by atoms with Gasteiger partial charge in [-0.05, 0) is 35.7 Å². The lowest BCUT2D eigenvalue weighted by molar-refractivity contribution is 0.0736. The lowest BCUT2D eigenvalue weighted by Gasteiger charge is -2.26. The van der Waals surface area contributed by atoms with Crippen molar-refractivity contribution in [2.24, 2.45) is 0 Å². The predicted octanol–water partition coefficient (Wildman–Crippen LogP) is 3.53. The maximum Gasteiger partial charge on any atom is 0.267 e. The highest BCUT2D eigenvalue weighted by molar-refractivity contribution is 7.16. The Labute approximate surface area is 163 Å². The van der Waals surface area contributed by atoms with Gasteiger partial charge < -0.3 is 4.90 Å². The summed E-state index contributed by atoms with van der Waals surface area (Å²) >= 11 is 2.79. The minimum atomic E-state index is -0.165. The van der Waals surface area contributed by atoms with Crippen molar-refractivity contribution in [3.63, 3.8) is 0 Å². The average molecular weight is 394 g/mol. The zero-order valence-electron chi connectivity index (χ0n) is 14.1. The molecule has 1 N–H and O–H groups in total. The molecule has 27 heavy (non-hydrogen) atoms. The number of thiophene rings is 1. The van der Waals surface area contributed by atoms with E-state index in [2.05, 4.69) is 10.3 Å². The molecule has 0 saturated heterocycles. The number of nitrogens with one attached hydrogen (secondary N) is 1. The molecule has 6 nitrogen and oxygen atoms in total. The van der Waals surface area contributed by atoms with Crippen LogP contribution >= 0.6 is 22.7 Å². The first-order valence-electron chi connectivity index (χ1n) is 8.27. The van der Waals surface area contributed by atoms with E-state index in [1.807, 2.05) is 17.5 Å². The van der Waals surface area contributed by atoms with Crippen LogP contribution in [0.4, 0.5) is 5.13 Å². The first kappa shape index (κ1) is 17.4. The third-order valence-electron chi connectivity index (χ3n) is 4.24. The number of anilines is 1. The highest BCUT2D eigenvalue weighted by atomic mass is 32.1. The second-order valence-electron chi connectivity index (χ2n) is 5.99. The van der Waals surface area contributed by atoms with Crippen LogP contribution in [0.2, 0.25) is 0 Å². The van der Waals surface area contributed by atoms with Crippen LogP contribution in [0.1, 0.15) is 36.2 Å². The van der Waals surface area contributed by atoms with E-state index in [0.717, 1.165) is 10.6 Å². The number of carbonyl (C=O) groups excluding carboxylic acids is 2. The molecule has 4 rings (SSSR count). The summed E-state index contributed by atoms with van der Waals surface area (Å²) < 4.78 is 0. The summed E-state index contributed by atoms with van der Waals surface area (Å²) in [7, 11) is 0. The Kier molecular flexibility index (Phi) is 4.71. The van der Waals surface area contributed by atoms with Crippen LogP contribution in [-0.4, -0.2) is 28.2 Å². The first-order valence-corrected chi connectivity index (χ1v) is 9.96. The number of fused-ring (bicyclic) bond motifs is 1. The van der Waals surface area contributed by atoms with Gasteiger partial charge in [0.25, 0.3) is 11.8 Å². The van der Waals surface area contributed by atoms with Crippen LogP contribution < -0.4 is 5.32 Å². The molecule has 2 aromatic heterocycles. The molecule has 8 heteroatoms. The molecular formula is C19H14N4O2S2. The molecule has 1 aliphatic rings. The molecule has 134 valence electrons. The fourth-order valence-corrected chi connectivity index (χ4v) is 4.50. The van der Waals surface area contributed by atoms with E-state index in [9.17, 15) is 9.59 Å². The smallest absolute Gasteiger partial charge is 0.267 e. The summed E-state index contributed by atoms with van der Waals surface area (Å²) in [5.41, 5.74) is 2.03. The Bertz CT molecular complexity index is 1030. The Morgan fingerprint density at radius 3 is 2.74 bits per heavy atom. The molecule has 1 aliphatic heterocycles. The van der Waals surface area contributed by atoms with Crippen molar-refractivity contribution >= 4 is 39.6 Å². The largest absolute Gasteiger partial charge is 0.333 e.